The summed E-state index contributed by atoms with van der Waals surface area (Å²) in [6.07, 6.45) is 4.76. The van der Waals surface area contributed by atoms with Crippen molar-refractivity contribution in [3.05, 3.63) is 23.0 Å². The van der Waals surface area contributed by atoms with Gasteiger partial charge in [-0.1, -0.05) is 40.2 Å². The summed E-state index contributed by atoms with van der Waals surface area (Å²) in [7, 11) is 1.85. The molecule has 0 spiro atoms. The molecule has 0 bridgehead atoms. The summed E-state index contributed by atoms with van der Waals surface area (Å²) < 4.78 is 30.9. The molecule has 1 aromatic rings. The number of aliphatic hydroxyl groups is 1. The highest BCUT2D eigenvalue weighted by atomic mass is 19.1. The fourth-order valence-corrected chi connectivity index (χ4v) is 8.98. The highest BCUT2D eigenvalue weighted by Gasteiger charge is 2.77. The number of allylic oxidation sites excluding steroid dienone is 1. The van der Waals surface area contributed by atoms with Crippen LogP contribution in [0.5, 0.6) is 0 Å². The molecule has 0 aliphatic heterocycles. The first-order chi connectivity index (χ1) is 18.3. The first kappa shape index (κ1) is 28.0. The number of esters is 2. The number of ketones is 1. The Labute approximate surface area is 229 Å². The molecule has 0 unspecified atom stereocenters. The molecule has 3 fully saturated rings. The van der Waals surface area contributed by atoms with Crippen LogP contribution in [0.4, 0.5) is 4.39 Å². The monoisotopic (exact) mass is 544 g/mol. The maximum Gasteiger partial charge on any atom is 0.306 e. The summed E-state index contributed by atoms with van der Waals surface area (Å²) in [5.41, 5.74) is -2.74. The van der Waals surface area contributed by atoms with Crippen LogP contribution in [0.25, 0.3) is 6.08 Å². The SMILES string of the molecule is CCC(=O)OCC(=O)[C@]1(OC(=O)CC)[C@H](C)C[C@H]2[C@@H]3CCC4=Cc5nn(C)cc5C[C@]4(C)[C@@]3(F)[C@@H](O)C[C@@]21C. The van der Waals surface area contributed by atoms with Gasteiger partial charge in [-0.05, 0) is 49.7 Å². The minimum Gasteiger partial charge on any atom is -0.457 e. The number of aromatic nitrogens is 2. The van der Waals surface area contributed by atoms with E-state index in [0.29, 0.717) is 25.7 Å². The lowest BCUT2D eigenvalue weighted by molar-refractivity contribution is -0.234. The largest absolute Gasteiger partial charge is 0.457 e. The number of carbonyl (C=O) groups excluding carboxylic acids is 3. The maximum absolute atomic E-state index is 17.9. The number of aryl methyl sites for hydroxylation is 1. The number of rotatable bonds is 6. The number of hydrogen-bond acceptors (Lipinski definition) is 7. The van der Waals surface area contributed by atoms with Crippen molar-refractivity contribution >= 4 is 23.8 Å². The van der Waals surface area contributed by atoms with Crippen LogP contribution < -0.4 is 0 Å². The molecular formula is C30H41FN2O6. The molecule has 8 atom stereocenters. The minimum atomic E-state index is -1.93. The van der Waals surface area contributed by atoms with Crippen LogP contribution in [0.3, 0.4) is 0 Å². The summed E-state index contributed by atoms with van der Waals surface area (Å²) >= 11 is 0. The number of carbonyl (C=O) groups is 3. The maximum atomic E-state index is 17.9. The van der Waals surface area contributed by atoms with Crippen molar-refractivity contribution in [2.75, 3.05) is 6.61 Å². The number of alkyl halides is 1. The van der Waals surface area contributed by atoms with Gasteiger partial charge >= 0.3 is 11.9 Å². The van der Waals surface area contributed by atoms with Gasteiger partial charge in [-0.25, -0.2) is 4.39 Å². The summed E-state index contributed by atoms with van der Waals surface area (Å²) in [5.74, 6) is -2.85. The van der Waals surface area contributed by atoms with Gasteiger partial charge in [0, 0.05) is 48.8 Å². The van der Waals surface area contributed by atoms with Crippen molar-refractivity contribution in [3.63, 3.8) is 0 Å². The number of nitrogens with zero attached hydrogens (tertiary/aromatic N) is 2. The van der Waals surface area contributed by atoms with Crippen molar-refractivity contribution in [1.82, 2.24) is 9.78 Å². The van der Waals surface area contributed by atoms with Gasteiger partial charge in [-0.15, -0.1) is 0 Å². The lowest BCUT2D eigenvalue weighted by atomic mass is 9.43. The second-order valence-electron chi connectivity index (χ2n) is 12.7. The summed E-state index contributed by atoms with van der Waals surface area (Å²) in [4.78, 5) is 38.6. The predicted octanol–water partition coefficient (Wildman–Crippen LogP) is 4.13. The molecule has 3 saturated carbocycles. The standard InChI is InChI=1S/C30H41FN2O6/c1-7-25(36)38-16-24(35)30(39-26(37)8-2)17(3)11-21-20-10-9-19-12-22-18(15-33(6)32-22)13-27(19,4)29(20,31)23(34)14-28(21,30)5/h12,15,17,20-21,23,34H,7-11,13-14,16H2,1-6H3/t17-,20+,21+,23+,27+,28+,29+,30-/m1/s1. The molecule has 1 heterocycles. The number of Topliss-reactive ketones (excluding diaryl/α,β-unsaturated/α-hetero) is 1. The third-order valence-electron chi connectivity index (χ3n) is 10.8. The zero-order valence-corrected chi connectivity index (χ0v) is 23.9. The van der Waals surface area contributed by atoms with Crippen LogP contribution in [0.2, 0.25) is 0 Å². The minimum absolute atomic E-state index is 0.0395. The van der Waals surface area contributed by atoms with E-state index in [4.69, 9.17) is 9.47 Å². The average molecular weight is 545 g/mol. The van der Waals surface area contributed by atoms with Gasteiger partial charge in [0.05, 0.1) is 11.8 Å². The Morgan fingerprint density at radius 2 is 1.87 bits per heavy atom. The van der Waals surface area contributed by atoms with Gasteiger partial charge in [0.15, 0.2) is 12.2 Å². The summed E-state index contributed by atoms with van der Waals surface area (Å²) in [6, 6.07) is 0. The van der Waals surface area contributed by atoms with Gasteiger partial charge in [0.1, 0.15) is 5.67 Å². The number of ether oxygens (including phenoxy) is 2. The van der Waals surface area contributed by atoms with E-state index < -0.39 is 64.4 Å². The Kier molecular flexibility index (Phi) is 6.64. The highest BCUT2D eigenvalue weighted by Crippen LogP contribution is 2.71. The van der Waals surface area contributed by atoms with Crippen molar-refractivity contribution in [2.24, 2.45) is 35.6 Å². The number of fused-ring (bicyclic) bond motifs is 6. The lowest BCUT2D eigenvalue weighted by Gasteiger charge is -2.63. The molecule has 4 aliphatic rings. The Bertz CT molecular complexity index is 1240. The number of halogens is 1. The molecule has 0 saturated heterocycles. The van der Waals surface area contributed by atoms with Crippen LogP contribution >= 0.6 is 0 Å². The molecule has 0 aromatic carbocycles. The van der Waals surface area contributed by atoms with Crippen LogP contribution in [0.1, 0.15) is 84.4 Å². The highest BCUT2D eigenvalue weighted by molar-refractivity contribution is 5.93. The van der Waals surface area contributed by atoms with Crippen LogP contribution in [-0.2, 0) is 37.3 Å². The van der Waals surface area contributed by atoms with Gasteiger partial charge in [-0.2, -0.15) is 5.10 Å². The van der Waals surface area contributed by atoms with E-state index in [1.807, 2.05) is 40.1 Å². The van der Waals surface area contributed by atoms with E-state index in [1.165, 1.54) is 0 Å². The molecule has 0 amide bonds. The molecule has 0 radical (unpaired) electrons. The third-order valence-corrected chi connectivity index (χ3v) is 10.8. The molecule has 4 aliphatic carbocycles. The second kappa shape index (κ2) is 9.25. The Morgan fingerprint density at radius 1 is 1.18 bits per heavy atom. The third kappa shape index (κ3) is 3.64. The average Bonchev–Trinajstić information content (AvgIpc) is 3.34. The number of hydrogen-bond donors (Lipinski definition) is 1. The van der Waals surface area contributed by atoms with Gasteiger partial charge in [0.25, 0.3) is 0 Å². The first-order valence-corrected chi connectivity index (χ1v) is 14.3. The molecule has 9 heteroatoms. The van der Waals surface area contributed by atoms with Gasteiger partial charge in [-0.3, -0.25) is 19.1 Å². The predicted molar refractivity (Wildman–Crippen MR) is 141 cm³/mol. The lowest BCUT2D eigenvalue weighted by Crippen LogP contribution is -2.70. The fraction of sp³-hybridized carbons (Fsp3) is 0.733. The zero-order chi connectivity index (χ0) is 28.5. The van der Waals surface area contributed by atoms with E-state index in [-0.39, 0.29) is 25.2 Å². The van der Waals surface area contributed by atoms with E-state index in [0.717, 1.165) is 16.8 Å². The van der Waals surface area contributed by atoms with Crippen LogP contribution in [-0.4, -0.2) is 56.6 Å². The number of aliphatic hydroxyl groups excluding tert-OH is 1. The topological polar surface area (TPSA) is 108 Å². The Balaban J connectivity index is 1.58. The smallest absolute Gasteiger partial charge is 0.306 e. The second-order valence-corrected chi connectivity index (χ2v) is 12.7. The first-order valence-electron chi connectivity index (χ1n) is 14.3. The van der Waals surface area contributed by atoms with E-state index in [2.05, 4.69) is 5.10 Å². The normalized spacial score (nSPS) is 40.5. The fourth-order valence-electron chi connectivity index (χ4n) is 8.98. The zero-order valence-electron chi connectivity index (χ0n) is 23.9. The summed E-state index contributed by atoms with van der Waals surface area (Å²) in [5, 5.41) is 16.4. The van der Waals surface area contributed by atoms with Crippen molar-refractivity contribution in [2.45, 2.75) is 96.9 Å². The molecule has 1 N–H and O–H groups in total. The quantitative estimate of drug-likeness (QED) is 0.537. The van der Waals surface area contributed by atoms with Crippen molar-refractivity contribution < 1.29 is 33.4 Å². The Hall–Kier alpha value is -2.55. The van der Waals surface area contributed by atoms with E-state index >= 15 is 4.39 Å². The Morgan fingerprint density at radius 3 is 2.54 bits per heavy atom. The molecule has 214 valence electrons. The van der Waals surface area contributed by atoms with Crippen LogP contribution in [0.15, 0.2) is 11.8 Å². The molecular weight excluding hydrogens is 503 g/mol. The van der Waals surface area contributed by atoms with E-state index in [1.54, 1.807) is 18.5 Å². The van der Waals surface area contributed by atoms with Gasteiger partial charge in [0.2, 0.25) is 5.78 Å². The molecule has 39 heavy (non-hydrogen) atoms. The van der Waals surface area contributed by atoms with Crippen LogP contribution in [0, 0.1) is 28.6 Å². The molecule has 8 nitrogen and oxygen atoms in total. The summed E-state index contributed by atoms with van der Waals surface area (Å²) in [6.45, 7) is 8.42. The van der Waals surface area contributed by atoms with E-state index in [9.17, 15) is 19.5 Å². The molecule has 1 aromatic heterocycles. The van der Waals surface area contributed by atoms with Gasteiger partial charge < -0.3 is 14.6 Å². The molecule has 5 rings (SSSR count). The van der Waals surface area contributed by atoms with Crippen molar-refractivity contribution in [3.8, 4) is 0 Å². The van der Waals surface area contributed by atoms with Crippen molar-refractivity contribution in [1.29, 1.82) is 0 Å².